The van der Waals surface area contributed by atoms with E-state index in [0.29, 0.717) is 0 Å². The zero-order valence-electron chi connectivity index (χ0n) is 5.51. The van der Waals surface area contributed by atoms with Crippen LogP contribution in [-0.4, -0.2) is 44.8 Å². The van der Waals surface area contributed by atoms with E-state index in [1.165, 1.54) is 0 Å². The van der Waals surface area contributed by atoms with Crippen LogP contribution < -0.4 is 0 Å². The monoisotopic (exact) mass is 148 g/mol. The Balaban J connectivity index is 2.49. The molecule has 3 unspecified atom stereocenters. The second-order valence-electron chi connectivity index (χ2n) is 2.75. The molecule has 1 aliphatic carbocycles. The van der Waals surface area contributed by atoms with Crippen LogP contribution in [0.4, 0.5) is 0 Å². The van der Waals surface area contributed by atoms with Gasteiger partial charge in [-0.15, -0.1) is 0 Å². The minimum absolute atomic E-state index is 0.151. The van der Waals surface area contributed by atoms with E-state index < -0.39 is 24.4 Å². The highest BCUT2D eigenvalue weighted by Gasteiger charge is 2.33. The van der Waals surface area contributed by atoms with E-state index in [0.717, 1.165) is 0 Å². The Hall–Kier alpha value is -0.160. The highest BCUT2D eigenvalue weighted by molar-refractivity contribution is 4.85. The van der Waals surface area contributed by atoms with Crippen LogP contribution in [0.5, 0.6) is 0 Å². The van der Waals surface area contributed by atoms with Crippen LogP contribution in [0.1, 0.15) is 12.8 Å². The van der Waals surface area contributed by atoms with Crippen LogP contribution in [0.15, 0.2) is 0 Å². The van der Waals surface area contributed by atoms with Crippen LogP contribution in [0.2, 0.25) is 0 Å². The normalized spacial score (nSPS) is 49.2. The Morgan fingerprint density at radius 2 is 1.20 bits per heavy atom. The Labute approximate surface area is 58.7 Å². The van der Waals surface area contributed by atoms with Crippen LogP contribution >= 0.6 is 0 Å². The van der Waals surface area contributed by atoms with Crippen LogP contribution in [0.25, 0.3) is 0 Å². The van der Waals surface area contributed by atoms with Gasteiger partial charge in [0, 0.05) is 12.8 Å². The summed E-state index contributed by atoms with van der Waals surface area (Å²) in [6, 6.07) is 0. The van der Waals surface area contributed by atoms with Crippen molar-refractivity contribution >= 4 is 0 Å². The van der Waals surface area contributed by atoms with E-state index in [9.17, 15) is 0 Å². The maximum atomic E-state index is 8.95. The molecule has 0 spiro atoms. The summed E-state index contributed by atoms with van der Waals surface area (Å²) in [6.07, 6.45) is -3.45. The number of aliphatic hydroxyl groups is 4. The van der Waals surface area contributed by atoms with E-state index in [1.807, 2.05) is 0 Å². The fourth-order valence-electron chi connectivity index (χ4n) is 1.19. The molecule has 1 saturated carbocycles. The second-order valence-corrected chi connectivity index (χ2v) is 2.75. The molecule has 4 heteroatoms. The molecule has 0 saturated heterocycles. The average Bonchev–Trinajstić information content (AvgIpc) is 1.82. The van der Waals surface area contributed by atoms with Crippen molar-refractivity contribution in [3.8, 4) is 0 Å². The molecular formula is C6H12O4. The van der Waals surface area contributed by atoms with Crippen LogP contribution in [0.3, 0.4) is 0 Å². The largest absolute Gasteiger partial charge is 0.393 e. The van der Waals surface area contributed by atoms with Gasteiger partial charge in [0.1, 0.15) is 6.10 Å². The van der Waals surface area contributed by atoms with Crippen molar-refractivity contribution < 1.29 is 20.4 Å². The molecule has 4 N–H and O–H groups in total. The van der Waals surface area contributed by atoms with Gasteiger partial charge in [-0.2, -0.15) is 0 Å². The molecule has 0 radical (unpaired) electrons. The second kappa shape index (κ2) is 2.84. The Kier molecular flexibility index (Phi) is 2.25. The van der Waals surface area contributed by atoms with E-state index in [4.69, 9.17) is 20.4 Å². The molecule has 4 atom stereocenters. The summed E-state index contributed by atoms with van der Waals surface area (Å²) in [4.78, 5) is 0. The van der Waals surface area contributed by atoms with Crippen molar-refractivity contribution in [2.45, 2.75) is 37.3 Å². The molecule has 0 aromatic rings. The summed E-state index contributed by atoms with van der Waals surface area (Å²) < 4.78 is 0. The van der Waals surface area contributed by atoms with Crippen molar-refractivity contribution in [2.75, 3.05) is 0 Å². The fraction of sp³-hybridized carbons (Fsp3) is 1.00. The predicted molar refractivity (Wildman–Crippen MR) is 33.3 cm³/mol. The molecule has 0 aromatic carbocycles. The lowest BCUT2D eigenvalue weighted by atomic mass is 9.90. The van der Waals surface area contributed by atoms with Gasteiger partial charge in [0.2, 0.25) is 0 Å². The average molecular weight is 148 g/mol. The van der Waals surface area contributed by atoms with Gasteiger partial charge < -0.3 is 20.4 Å². The Morgan fingerprint density at radius 3 is 1.60 bits per heavy atom. The van der Waals surface area contributed by atoms with Crippen molar-refractivity contribution in [3.63, 3.8) is 0 Å². The van der Waals surface area contributed by atoms with Gasteiger partial charge >= 0.3 is 0 Å². The molecule has 1 fully saturated rings. The zero-order chi connectivity index (χ0) is 7.72. The summed E-state index contributed by atoms with van der Waals surface area (Å²) in [5.41, 5.74) is 0. The van der Waals surface area contributed by atoms with Crippen molar-refractivity contribution in [3.05, 3.63) is 0 Å². The minimum Gasteiger partial charge on any atom is -0.393 e. The quantitative estimate of drug-likeness (QED) is 0.327. The molecule has 60 valence electrons. The molecule has 4 nitrogen and oxygen atoms in total. The summed E-state index contributed by atoms with van der Waals surface area (Å²) in [5, 5.41) is 35.8. The molecule has 10 heavy (non-hydrogen) atoms. The maximum Gasteiger partial charge on any atom is 0.106 e. The molecule has 0 amide bonds. The van der Waals surface area contributed by atoms with Gasteiger partial charge in [-0.1, -0.05) is 0 Å². The first-order valence-corrected chi connectivity index (χ1v) is 3.33. The zero-order valence-corrected chi connectivity index (χ0v) is 5.51. The van der Waals surface area contributed by atoms with E-state index >= 15 is 0 Å². The smallest absolute Gasteiger partial charge is 0.106 e. The first-order valence-electron chi connectivity index (χ1n) is 3.33. The van der Waals surface area contributed by atoms with Crippen molar-refractivity contribution in [1.29, 1.82) is 0 Å². The highest BCUT2D eigenvalue weighted by atomic mass is 16.4. The van der Waals surface area contributed by atoms with Gasteiger partial charge in [0.15, 0.2) is 0 Å². The minimum atomic E-state index is -1.09. The predicted octanol–water partition coefficient (Wildman–Crippen LogP) is -1.78. The van der Waals surface area contributed by atoms with Gasteiger partial charge in [0.25, 0.3) is 0 Å². The lowest BCUT2D eigenvalue weighted by molar-refractivity contribution is -0.116. The third kappa shape index (κ3) is 1.46. The third-order valence-electron chi connectivity index (χ3n) is 1.82. The first-order chi connectivity index (χ1) is 4.61. The van der Waals surface area contributed by atoms with E-state index in [-0.39, 0.29) is 12.8 Å². The topological polar surface area (TPSA) is 80.9 Å². The van der Waals surface area contributed by atoms with Crippen LogP contribution in [0, 0.1) is 0 Å². The molecule has 1 rings (SSSR count). The first kappa shape index (κ1) is 7.94. The van der Waals surface area contributed by atoms with Gasteiger partial charge in [-0.25, -0.2) is 0 Å². The summed E-state index contributed by atoms with van der Waals surface area (Å²) in [6.45, 7) is 0. The summed E-state index contributed by atoms with van der Waals surface area (Å²) in [5.74, 6) is 0. The lowest BCUT2D eigenvalue weighted by Crippen LogP contribution is -2.46. The van der Waals surface area contributed by atoms with E-state index in [1.54, 1.807) is 0 Å². The Morgan fingerprint density at radius 1 is 0.800 bits per heavy atom. The lowest BCUT2D eigenvalue weighted by Gasteiger charge is -2.31. The van der Waals surface area contributed by atoms with E-state index in [2.05, 4.69) is 0 Å². The number of aliphatic hydroxyl groups excluding tert-OH is 4. The summed E-state index contributed by atoms with van der Waals surface area (Å²) in [7, 11) is 0. The number of rotatable bonds is 0. The highest BCUT2D eigenvalue weighted by Crippen LogP contribution is 2.19. The third-order valence-corrected chi connectivity index (χ3v) is 1.82. The Bertz CT molecular complexity index is 104. The van der Waals surface area contributed by atoms with Crippen molar-refractivity contribution in [2.24, 2.45) is 0 Å². The number of hydrogen-bond donors (Lipinski definition) is 4. The molecule has 0 bridgehead atoms. The SMILES string of the molecule is OC1CC(O)C(O)[C@@H](O)C1. The van der Waals surface area contributed by atoms with Crippen LogP contribution in [-0.2, 0) is 0 Å². The molecular weight excluding hydrogens is 136 g/mol. The molecule has 0 aromatic heterocycles. The standard InChI is InChI=1S/C6H12O4/c7-3-1-4(8)6(10)5(9)2-3/h3-10H,1-2H2/t3?,4-,5?,6?/m0/s1. The van der Waals surface area contributed by atoms with Gasteiger partial charge in [-0.05, 0) is 0 Å². The van der Waals surface area contributed by atoms with Gasteiger partial charge in [-0.3, -0.25) is 0 Å². The van der Waals surface area contributed by atoms with Gasteiger partial charge in [0.05, 0.1) is 18.3 Å². The molecule has 1 aliphatic rings. The molecule has 0 aliphatic heterocycles. The summed E-state index contributed by atoms with van der Waals surface area (Å²) >= 11 is 0. The number of hydrogen-bond acceptors (Lipinski definition) is 4. The molecule has 0 heterocycles. The fourth-order valence-corrected chi connectivity index (χ4v) is 1.19. The van der Waals surface area contributed by atoms with Crippen molar-refractivity contribution in [1.82, 2.24) is 0 Å². The maximum absolute atomic E-state index is 8.95.